The molecule has 0 aliphatic rings. The van der Waals surface area contributed by atoms with E-state index in [2.05, 4.69) is 46.6 Å². The van der Waals surface area contributed by atoms with Crippen LogP contribution in [0.1, 0.15) is 14.8 Å². The van der Waals surface area contributed by atoms with E-state index in [0.717, 1.165) is 0 Å². The molecule has 1 aromatic rings. The number of benzene rings is 1. The van der Waals surface area contributed by atoms with Crippen molar-refractivity contribution in [1.82, 2.24) is 0 Å². The van der Waals surface area contributed by atoms with Crippen LogP contribution in [0.25, 0.3) is 0 Å². The van der Waals surface area contributed by atoms with E-state index in [1.165, 1.54) is 23.7 Å². The summed E-state index contributed by atoms with van der Waals surface area (Å²) in [4.78, 5) is 0. The van der Waals surface area contributed by atoms with Gasteiger partial charge in [0.05, 0.1) is 0 Å². The molecule has 52 valence electrons. The molecule has 0 fully saturated rings. The summed E-state index contributed by atoms with van der Waals surface area (Å²) in [7, 11) is 0. The zero-order chi connectivity index (χ0) is 7.23. The maximum absolute atomic E-state index is 2.75. The molecule has 0 saturated carbocycles. The molecule has 0 amide bonds. The summed E-state index contributed by atoms with van der Waals surface area (Å²) in [6, 6.07) is 10.6. The van der Waals surface area contributed by atoms with Crippen LogP contribution in [-0.4, -0.2) is 16.3 Å². The van der Waals surface area contributed by atoms with E-state index < -0.39 is 0 Å². The fourth-order valence-electron chi connectivity index (χ4n) is 0.951. The van der Waals surface area contributed by atoms with Crippen LogP contribution in [0.3, 0.4) is 0 Å². The Balaban J connectivity index is 0. The number of hydrogen-bond acceptors (Lipinski definition) is 0. The molecule has 1 aromatic carbocycles. The first-order valence-electron chi connectivity index (χ1n) is 3.67. The molecule has 0 aliphatic carbocycles. The number of rotatable bonds is 3. The Labute approximate surface area is 73.7 Å². The predicted molar refractivity (Wildman–Crippen MR) is 47.5 cm³/mol. The Morgan fingerprint density at radius 2 is 1.90 bits per heavy atom. The van der Waals surface area contributed by atoms with Crippen LogP contribution in [0.5, 0.6) is 0 Å². The summed E-state index contributed by atoms with van der Waals surface area (Å²) in [5.74, 6) is 0. The monoisotopic (exact) mass is 148 g/mol. The van der Waals surface area contributed by atoms with Gasteiger partial charge in [-0.2, -0.15) is 0 Å². The van der Waals surface area contributed by atoms with E-state index in [4.69, 9.17) is 0 Å². The third-order valence-electron chi connectivity index (χ3n) is 1.51. The molecule has 0 radical (unpaired) electrons. The number of aryl methyl sites for hydroxylation is 1. The van der Waals surface area contributed by atoms with E-state index in [9.17, 15) is 0 Å². The molecule has 0 atom stereocenters. The van der Waals surface area contributed by atoms with Crippen molar-refractivity contribution < 1.29 is 2.85 Å². The zero-order valence-electron chi connectivity index (χ0n) is 8.09. The Morgan fingerprint density at radius 3 is 2.50 bits per heavy atom. The van der Waals surface area contributed by atoms with Gasteiger partial charge in [-0.15, -0.1) is 0 Å². The molecule has 0 unspecified atom stereocenters. The van der Waals surface area contributed by atoms with E-state index in [1.54, 1.807) is 0 Å². The first kappa shape index (κ1) is 7.86. The van der Waals surface area contributed by atoms with Gasteiger partial charge in [0.1, 0.15) is 0 Å². The van der Waals surface area contributed by atoms with Crippen LogP contribution < -0.4 is 0 Å². The minimum atomic E-state index is 0. The molecule has 10 heavy (non-hydrogen) atoms. The van der Waals surface area contributed by atoms with Gasteiger partial charge in [0.15, 0.2) is 0 Å². The van der Waals surface area contributed by atoms with E-state index in [-0.39, 0.29) is 2.85 Å². The third kappa shape index (κ3) is 2.56. The summed E-state index contributed by atoms with van der Waals surface area (Å²) < 4.78 is 0. The van der Waals surface area contributed by atoms with Crippen molar-refractivity contribution >= 4 is 16.3 Å². The maximum atomic E-state index is 2.75. The summed E-state index contributed by atoms with van der Waals surface area (Å²) in [5, 5.41) is 1.20. The second kappa shape index (κ2) is 4.55. The van der Waals surface area contributed by atoms with Crippen LogP contribution >= 0.6 is 0 Å². The fraction of sp³-hybridized carbons (Fsp3) is 0.333. The van der Waals surface area contributed by atoms with E-state index >= 15 is 0 Å². The molecule has 1 heteroatoms. The molecule has 0 aromatic heterocycles. The van der Waals surface area contributed by atoms with Gasteiger partial charge in [0, 0.05) is 0 Å². The van der Waals surface area contributed by atoms with Gasteiger partial charge >= 0.3 is 70.3 Å². The molecule has 0 saturated heterocycles. The van der Waals surface area contributed by atoms with Gasteiger partial charge in [0.25, 0.3) is 0 Å². The topological polar surface area (TPSA) is 0 Å². The van der Waals surface area contributed by atoms with Gasteiger partial charge in [-0.1, -0.05) is 0 Å². The normalized spacial score (nSPS) is 9.80. The average molecular weight is 148 g/mol. The second-order valence-corrected chi connectivity index (χ2v) is 2.96. The summed E-state index contributed by atoms with van der Waals surface area (Å²) in [6.45, 7) is 0. The second-order valence-electron chi connectivity index (χ2n) is 2.38. The molecule has 1 rings (SSSR count). The van der Waals surface area contributed by atoms with Gasteiger partial charge in [-0.05, 0) is 0 Å². The van der Waals surface area contributed by atoms with Crippen LogP contribution in [-0.2, 0) is 6.42 Å². The molecular formula is C9H13Al. The Bertz CT molecular complexity index is 177. The maximum Gasteiger partial charge on any atom is -1.00 e. The molecule has 0 bridgehead atoms. The summed E-state index contributed by atoms with van der Waals surface area (Å²) in [6.07, 6.45) is 2.49. The van der Waals surface area contributed by atoms with Crippen molar-refractivity contribution in [2.75, 3.05) is 0 Å². The molecular weight excluding hydrogens is 135 g/mol. The Morgan fingerprint density at radius 1 is 1.20 bits per heavy atom. The third-order valence-corrected chi connectivity index (χ3v) is 1.92. The SMILES string of the molecule is [Al+2][CH2]CCc1ccccc1.[H-].[H-]. The quantitative estimate of drug-likeness (QED) is 0.577. The molecule has 0 N–H and O–H groups in total. The molecule has 0 nitrogen and oxygen atoms in total. The predicted octanol–water partition coefficient (Wildman–Crippen LogP) is 2.43. The average Bonchev–Trinajstić information content (AvgIpc) is 2.03. The van der Waals surface area contributed by atoms with Crippen molar-refractivity contribution in [2.45, 2.75) is 18.1 Å². The first-order valence-corrected chi connectivity index (χ1v) is 4.49. The van der Waals surface area contributed by atoms with Gasteiger partial charge in [-0.3, -0.25) is 0 Å². The van der Waals surface area contributed by atoms with Gasteiger partial charge in [-0.25, -0.2) is 0 Å². The van der Waals surface area contributed by atoms with Crippen LogP contribution in [0.2, 0.25) is 5.28 Å². The zero-order valence-corrected chi connectivity index (χ0v) is 7.24. The van der Waals surface area contributed by atoms with Crippen molar-refractivity contribution in [2.24, 2.45) is 0 Å². The van der Waals surface area contributed by atoms with Crippen LogP contribution in [0.15, 0.2) is 30.3 Å². The van der Waals surface area contributed by atoms with Gasteiger partial charge < -0.3 is 2.85 Å². The minimum Gasteiger partial charge on any atom is -1.00 e. The van der Waals surface area contributed by atoms with Gasteiger partial charge in [0.2, 0.25) is 0 Å². The molecule has 0 heterocycles. The summed E-state index contributed by atoms with van der Waals surface area (Å²) >= 11 is 2.75. The number of hydrogen-bond donors (Lipinski definition) is 0. The van der Waals surface area contributed by atoms with Crippen LogP contribution in [0, 0.1) is 0 Å². The Hall–Kier alpha value is -0.248. The smallest absolute Gasteiger partial charge is 1.00 e. The van der Waals surface area contributed by atoms with Crippen molar-refractivity contribution in [3.63, 3.8) is 0 Å². The fourth-order valence-corrected chi connectivity index (χ4v) is 1.15. The van der Waals surface area contributed by atoms with Crippen molar-refractivity contribution in [3.8, 4) is 0 Å². The molecule has 0 aliphatic heterocycles. The van der Waals surface area contributed by atoms with E-state index in [0.29, 0.717) is 0 Å². The standard InChI is InChI=1S/C9H11.Al.2H/c1-2-6-9-7-4-3-5-8-9;;;/h3-5,7-8H,1-2,6H2;;;/q;+2;2*-1. The summed E-state index contributed by atoms with van der Waals surface area (Å²) in [5.41, 5.74) is 1.45. The van der Waals surface area contributed by atoms with Crippen molar-refractivity contribution in [3.05, 3.63) is 35.9 Å². The molecule has 0 spiro atoms. The Kier molecular flexibility index (Phi) is 3.57. The van der Waals surface area contributed by atoms with Crippen molar-refractivity contribution in [1.29, 1.82) is 0 Å². The van der Waals surface area contributed by atoms with Crippen LogP contribution in [0.4, 0.5) is 0 Å². The largest absolute Gasteiger partial charge is 1.00 e. The minimum absolute atomic E-state index is 0. The first-order chi connectivity index (χ1) is 4.93. The van der Waals surface area contributed by atoms with E-state index in [1.807, 2.05) is 0 Å².